The first kappa shape index (κ1) is 24.3. The van der Waals surface area contributed by atoms with Crippen LogP contribution < -0.4 is 5.32 Å². The normalized spacial score (nSPS) is 11.3. The van der Waals surface area contributed by atoms with E-state index in [1.165, 1.54) is 5.56 Å². The van der Waals surface area contributed by atoms with Gasteiger partial charge in [0.15, 0.2) is 5.96 Å². The monoisotopic (exact) mass is 540 g/mol. The Kier molecular flexibility index (Phi) is 9.71. The molecule has 3 aromatic rings. The summed E-state index contributed by atoms with van der Waals surface area (Å²) in [6.07, 6.45) is 6.60. The lowest BCUT2D eigenvalue weighted by atomic mass is 10.2. The molecule has 0 radical (unpaired) electrons. The van der Waals surface area contributed by atoms with Crippen LogP contribution in [0.2, 0.25) is 5.02 Å². The third-order valence-electron chi connectivity index (χ3n) is 4.76. The Bertz CT molecular complexity index is 934. The molecule has 1 N–H and O–H groups in total. The Morgan fingerprint density at radius 2 is 2.03 bits per heavy atom. The lowest BCUT2D eigenvalue weighted by Crippen LogP contribution is -2.39. The lowest BCUT2D eigenvalue weighted by molar-refractivity contribution is 0.462. The molecule has 0 unspecified atom stereocenters. The van der Waals surface area contributed by atoms with E-state index in [2.05, 4.69) is 51.0 Å². The topological polar surface area (TPSA) is 50.4 Å². The summed E-state index contributed by atoms with van der Waals surface area (Å²) < 4.78 is 4.23. The summed E-state index contributed by atoms with van der Waals surface area (Å²) in [7, 11) is 4.05. The van der Waals surface area contributed by atoms with E-state index < -0.39 is 0 Å². The SMILES string of the molecule is CCNC(=NCCc1nccn1Cc1ccccc1)N(C)Cc1cc(Cl)cn1C.I. The van der Waals surface area contributed by atoms with E-state index in [9.17, 15) is 0 Å². The molecule has 2 heterocycles. The van der Waals surface area contributed by atoms with Gasteiger partial charge in [-0.2, -0.15) is 0 Å². The van der Waals surface area contributed by atoms with Gasteiger partial charge in [0, 0.05) is 64.4 Å². The zero-order valence-electron chi connectivity index (χ0n) is 17.8. The molecule has 0 fully saturated rings. The predicted octanol–water partition coefficient (Wildman–Crippen LogP) is 4.18. The second-order valence-electron chi connectivity index (χ2n) is 7.06. The molecule has 0 saturated carbocycles. The Morgan fingerprint density at radius 3 is 2.70 bits per heavy atom. The summed E-state index contributed by atoms with van der Waals surface area (Å²) in [6, 6.07) is 12.4. The number of aryl methyl sites for hydroxylation is 1. The fourth-order valence-corrected chi connectivity index (χ4v) is 3.54. The number of nitrogens with one attached hydrogen (secondary N) is 1. The number of aliphatic imine (C=N–C) groups is 1. The van der Waals surface area contributed by atoms with E-state index in [1.807, 2.05) is 49.4 Å². The van der Waals surface area contributed by atoms with Crippen LogP contribution in [0.4, 0.5) is 0 Å². The van der Waals surface area contributed by atoms with E-state index in [1.54, 1.807) is 0 Å². The van der Waals surface area contributed by atoms with Crippen molar-refractivity contribution in [2.24, 2.45) is 12.0 Å². The molecule has 0 atom stereocenters. The third-order valence-corrected chi connectivity index (χ3v) is 4.97. The largest absolute Gasteiger partial charge is 0.357 e. The molecule has 162 valence electrons. The first-order valence-electron chi connectivity index (χ1n) is 9.91. The number of aromatic nitrogens is 3. The van der Waals surface area contributed by atoms with Crippen LogP contribution in [-0.2, 0) is 26.6 Å². The van der Waals surface area contributed by atoms with E-state index in [4.69, 9.17) is 16.6 Å². The van der Waals surface area contributed by atoms with Crippen molar-refractivity contribution in [1.82, 2.24) is 24.3 Å². The van der Waals surface area contributed by atoms with E-state index in [-0.39, 0.29) is 24.0 Å². The number of guanidine groups is 1. The predicted molar refractivity (Wildman–Crippen MR) is 135 cm³/mol. The maximum absolute atomic E-state index is 6.11. The van der Waals surface area contributed by atoms with Gasteiger partial charge in [-0.05, 0) is 18.6 Å². The Morgan fingerprint density at radius 1 is 1.27 bits per heavy atom. The molecule has 1 aromatic carbocycles. The summed E-state index contributed by atoms with van der Waals surface area (Å²) in [4.78, 5) is 11.4. The third kappa shape index (κ3) is 6.77. The first-order valence-corrected chi connectivity index (χ1v) is 10.3. The van der Waals surface area contributed by atoms with Crippen LogP contribution in [0, 0.1) is 0 Å². The van der Waals surface area contributed by atoms with Crippen molar-refractivity contribution in [1.29, 1.82) is 0 Å². The van der Waals surface area contributed by atoms with Crippen LogP contribution in [0.25, 0.3) is 0 Å². The zero-order chi connectivity index (χ0) is 20.6. The Labute approximate surface area is 201 Å². The van der Waals surface area contributed by atoms with E-state index in [0.717, 1.165) is 48.6 Å². The maximum Gasteiger partial charge on any atom is 0.194 e. The van der Waals surface area contributed by atoms with Crippen molar-refractivity contribution in [3.63, 3.8) is 0 Å². The summed E-state index contributed by atoms with van der Waals surface area (Å²) in [5.74, 6) is 1.93. The average Bonchev–Trinajstić information content (AvgIpc) is 3.27. The van der Waals surface area contributed by atoms with Gasteiger partial charge in [-0.25, -0.2) is 4.98 Å². The van der Waals surface area contributed by atoms with Gasteiger partial charge < -0.3 is 19.4 Å². The molecule has 0 aliphatic heterocycles. The van der Waals surface area contributed by atoms with Gasteiger partial charge in [0.25, 0.3) is 0 Å². The second-order valence-corrected chi connectivity index (χ2v) is 7.50. The Hall–Kier alpha value is -2.00. The van der Waals surface area contributed by atoms with Crippen molar-refractivity contribution >= 4 is 41.5 Å². The second kappa shape index (κ2) is 12.0. The number of nitrogens with zero attached hydrogens (tertiary/aromatic N) is 5. The summed E-state index contributed by atoms with van der Waals surface area (Å²) in [5.41, 5.74) is 2.41. The van der Waals surface area contributed by atoms with Gasteiger partial charge >= 0.3 is 0 Å². The van der Waals surface area contributed by atoms with Crippen LogP contribution in [0.1, 0.15) is 24.0 Å². The summed E-state index contributed by atoms with van der Waals surface area (Å²) in [5, 5.41) is 4.12. The van der Waals surface area contributed by atoms with Crippen LogP contribution in [0.15, 0.2) is 60.0 Å². The molecular weight excluding hydrogens is 511 g/mol. The fraction of sp³-hybridized carbons (Fsp3) is 0.364. The molecule has 0 aliphatic rings. The van der Waals surface area contributed by atoms with Gasteiger partial charge in [0.2, 0.25) is 0 Å². The number of benzene rings is 1. The molecule has 3 rings (SSSR count). The standard InChI is InChI=1S/C22H29ClN6.HI/c1-4-24-22(28(3)17-20-14-19(23)16-27(20)2)26-11-10-21-25-12-13-29(21)15-18-8-6-5-7-9-18;/h5-9,12-14,16H,4,10-11,15,17H2,1-3H3,(H,24,26);1H. The van der Waals surface area contributed by atoms with Gasteiger partial charge in [0.05, 0.1) is 11.6 Å². The summed E-state index contributed by atoms with van der Waals surface area (Å²) in [6.45, 7) is 5.13. The van der Waals surface area contributed by atoms with E-state index >= 15 is 0 Å². The highest BCUT2D eigenvalue weighted by Crippen LogP contribution is 2.14. The first-order chi connectivity index (χ1) is 14.1. The minimum Gasteiger partial charge on any atom is -0.357 e. The smallest absolute Gasteiger partial charge is 0.194 e. The molecule has 0 bridgehead atoms. The molecule has 2 aromatic heterocycles. The molecule has 0 aliphatic carbocycles. The van der Waals surface area contributed by atoms with Crippen molar-refractivity contribution < 1.29 is 0 Å². The quantitative estimate of drug-likeness (QED) is 0.265. The van der Waals surface area contributed by atoms with Crippen LogP contribution in [-0.4, -0.2) is 45.1 Å². The minimum atomic E-state index is 0. The average molecular weight is 541 g/mol. The molecule has 0 saturated heterocycles. The maximum atomic E-state index is 6.11. The van der Waals surface area contributed by atoms with Gasteiger partial charge in [-0.15, -0.1) is 24.0 Å². The fourth-order valence-electron chi connectivity index (χ4n) is 3.26. The molecule has 0 spiro atoms. The van der Waals surface area contributed by atoms with Gasteiger partial charge in [-0.1, -0.05) is 41.9 Å². The van der Waals surface area contributed by atoms with Crippen LogP contribution in [0.3, 0.4) is 0 Å². The summed E-state index contributed by atoms with van der Waals surface area (Å²) >= 11 is 6.11. The molecule has 6 nitrogen and oxygen atoms in total. The molecule has 0 amide bonds. The van der Waals surface area contributed by atoms with Crippen LogP contribution >= 0.6 is 35.6 Å². The number of hydrogen-bond donors (Lipinski definition) is 1. The lowest BCUT2D eigenvalue weighted by Gasteiger charge is -2.22. The molecule has 8 heteroatoms. The highest BCUT2D eigenvalue weighted by Gasteiger charge is 2.10. The van der Waals surface area contributed by atoms with Crippen molar-refractivity contribution in [2.75, 3.05) is 20.1 Å². The van der Waals surface area contributed by atoms with Crippen LogP contribution in [0.5, 0.6) is 0 Å². The van der Waals surface area contributed by atoms with E-state index in [0.29, 0.717) is 6.54 Å². The van der Waals surface area contributed by atoms with Crippen molar-refractivity contribution in [3.05, 3.63) is 77.1 Å². The molecule has 30 heavy (non-hydrogen) atoms. The molecular formula is C22H30ClIN6. The highest BCUT2D eigenvalue weighted by molar-refractivity contribution is 14.0. The number of rotatable bonds is 8. The minimum absolute atomic E-state index is 0. The van der Waals surface area contributed by atoms with Gasteiger partial charge in [-0.3, -0.25) is 4.99 Å². The van der Waals surface area contributed by atoms with Crippen molar-refractivity contribution in [2.45, 2.75) is 26.4 Å². The number of hydrogen-bond acceptors (Lipinski definition) is 2. The number of halogens is 2. The van der Waals surface area contributed by atoms with Crippen molar-refractivity contribution in [3.8, 4) is 0 Å². The Balaban J connectivity index is 0.00000320. The highest BCUT2D eigenvalue weighted by atomic mass is 127. The zero-order valence-corrected chi connectivity index (χ0v) is 20.8. The van der Waals surface area contributed by atoms with Gasteiger partial charge in [0.1, 0.15) is 5.82 Å². The number of imidazole rings is 1.